The molecule has 0 aliphatic heterocycles. The van der Waals surface area contributed by atoms with Crippen molar-refractivity contribution in [2.45, 2.75) is 18.9 Å². The van der Waals surface area contributed by atoms with E-state index in [9.17, 15) is 4.79 Å². The highest BCUT2D eigenvalue weighted by Crippen LogP contribution is 2.24. The van der Waals surface area contributed by atoms with Gasteiger partial charge in [0.25, 0.3) is 5.91 Å². The standard InChI is InChI=1S/C7H14N2O2/c1-9(6-3-4-6)5-7(10)8-11-2/h6H,3-5H2,1-2H3,(H,8,10). The van der Waals surface area contributed by atoms with Gasteiger partial charge in [-0.25, -0.2) is 5.48 Å². The number of rotatable bonds is 4. The predicted molar refractivity (Wildman–Crippen MR) is 40.8 cm³/mol. The zero-order chi connectivity index (χ0) is 8.27. The third-order valence-electron chi connectivity index (χ3n) is 1.78. The largest absolute Gasteiger partial charge is 0.295 e. The summed E-state index contributed by atoms with van der Waals surface area (Å²) in [6, 6.07) is 0.623. The van der Waals surface area contributed by atoms with Gasteiger partial charge in [0.1, 0.15) is 0 Å². The van der Waals surface area contributed by atoms with Crippen LogP contribution in [0.4, 0.5) is 0 Å². The monoisotopic (exact) mass is 158 g/mol. The van der Waals surface area contributed by atoms with Gasteiger partial charge < -0.3 is 0 Å². The lowest BCUT2D eigenvalue weighted by Crippen LogP contribution is -2.35. The summed E-state index contributed by atoms with van der Waals surface area (Å²) in [5.74, 6) is -0.0816. The van der Waals surface area contributed by atoms with Crippen LogP contribution in [0.15, 0.2) is 0 Å². The number of amides is 1. The molecule has 0 radical (unpaired) electrons. The molecule has 0 bridgehead atoms. The van der Waals surface area contributed by atoms with Gasteiger partial charge in [-0.3, -0.25) is 14.5 Å². The quantitative estimate of drug-likeness (QED) is 0.574. The fourth-order valence-electron chi connectivity index (χ4n) is 1.02. The van der Waals surface area contributed by atoms with Crippen LogP contribution in [0.25, 0.3) is 0 Å². The van der Waals surface area contributed by atoms with Gasteiger partial charge in [0.2, 0.25) is 0 Å². The molecule has 1 saturated carbocycles. The number of likely N-dealkylation sites (N-methyl/N-ethyl adjacent to an activating group) is 1. The predicted octanol–water partition coefficient (Wildman–Crippen LogP) is -0.242. The first kappa shape index (κ1) is 8.49. The fraction of sp³-hybridized carbons (Fsp3) is 0.857. The smallest absolute Gasteiger partial charge is 0.257 e. The average Bonchev–Trinajstić information content (AvgIpc) is 2.67. The molecule has 0 unspecified atom stereocenters. The summed E-state index contributed by atoms with van der Waals surface area (Å²) in [7, 11) is 3.39. The van der Waals surface area contributed by atoms with Crippen molar-refractivity contribution in [1.29, 1.82) is 0 Å². The summed E-state index contributed by atoms with van der Waals surface area (Å²) in [6.45, 7) is 0.429. The molecular weight excluding hydrogens is 144 g/mol. The molecule has 0 aromatic carbocycles. The van der Waals surface area contributed by atoms with Crippen LogP contribution in [0, 0.1) is 0 Å². The highest BCUT2D eigenvalue weighted by Gasteiger charge is 2.27. The number of hydroxylamine groups is 1. The zero-order valence-electron chi connectivity index (χ0n) is 6.96. The van der Waals surface area contributed by atoms with Crippen LogP contribution in [0.2, 0.25) is 0 Å². The van der Waals surface area contributed by atoms with Gasteiger partial charge in [-0.05, 0) is 19.9 Å². The Morgan fingerprint density at radius 1 is 1.73 bits per heavy atom. The van der Waals surface area contributed by atoms with Gasteiger partial charge >= 0.3 is 0 Å². The Kier molecular flexibility index (Phi) is 2.84. The van der Waals surface area contributed by atoms with Crippen molar-refractivity contribution in [3.8, 4) is 0 Å². The van der Waals surface area contributed by atoms with E-state index in [4.69, 9.17) is 0 Å². The van der Waals surface area contributed by atoms with Crippen molar-refractivity contribution in [3.05, 3.63) is 0 Å². The molecule has 1 aliphatic carbocycles. The van der Waals surface area contributed by atoms with E-state index in [1.807, 2.05) is 11.9 Å². The molecule has 0 heterocycles. The molecule has 0 aromatic rings. The van der Waals surface area contributed by atoms with Crippen LogP contribution >= 0.6 is 0 Å². The SMILES string of the molecule is CONC(=O)CN(C)C1CC1. The van der Waals surface area contributed by atoms with Crippen molar-refractivity contribution in [2.75, 3.05) is 20.7 Å². The number of nitrogens with zero attached hydrogens (tertiary/aromatic N) is 1. The van der Waals surface area contributed by atoms with Gasteiger partial charge in [-0.1, -0.05) is 0 Å². The Hall–Kier alpha value is -0.610. The van der Waals surface area contributed by atoms with Crippen LogP contribution in [-0.2, 0) is 9.63 Å². The molecule has 0 aromatic heterocycles. The average molecular weight is 158 g/mol. The van der Waals surface area contributed by atoms with Gasteiger partial charge in [0.05, 0.1) is 13.7 Å². The molecule has 4 heteroatoms. The minimum Gasteiger partial charge on any atom is -0.295 e. The highest BCUT2D eigenvalue weighted by molar-refractivity contribution is 5.76. The summed E-state index contributed by atoms with van der Waals surface area (Å²) in [5, 5.41) is 0. The van der Waals surface area contributed by atoms with Crippen LogP contribution in [-0.4, -0.2) is 37.6 Å². The van der Waals surface area contributed by atoms with Gasteiger partial charge in [-0.15, -0.1) is 0 Å². The first-order valence-electron chi connectivity index (χ1n) is 3.76. The lowest BCUT2D eigenvalue weighted by atomic mass is 10.5. The molecule has 0 atom stereocenters. The minimum absolute atomic E-state index is 0.0816. The normalized spacial score (nSPS) is 17.0. The van der Waals surface area contributed by atoms with Crippen LogP contribution in [0.1, 0.15) is 12.8 Å². The summed E-state index contributed by atoms with van der Waals surface area (Å²) < 4.78 is 0. The second kappa shape index (κ2) is 3.69. The molecular formula is C7H14N2O2. The van der Waals surface area contributed by atoms with Crippen LogP contribution in [0.5, 0.6) is 0 Å². The molecule has 64 valence electrons. The topological polar surface area (TPSA) is 41.6 Å². The number of hydrogen-bond donors (Lipinski definition) is 1. The third-order valence-corrected chi connectivity index (χ3v) is 1.78. The Balaban J connectivity index is 2.12. The highest BCUT2D eigenvalue weighted by atomic mass is 16.6. The molecule has 1 aliphatic rings. The van der Waals surface area contributed by atoms with Crippen molar-refractivity contribution < 1.29 is 9.63 Å². The molecule has 1 rings (SSSR count). The summed E-state index contributed by atoms with van der Waals surface area (Å²) in [4.78, 5) is 17.4. The second-order valence-corrected chi connectivity index (χ2v) is 2.88. The van der Waals surface area contributed by atoms with Crippen molar-refractivity contribution in [3.63, 3.8) is 0 Å². The van der Waals surface area contributed by atoms with E-state index < -0.39 is 0 Å². The third kappa shape index (κ3) is 2.86. The summed E-state index contributed by atoms with van der Waals surface area (Å²) in [6.07, 6.45) is 2.44. The second-order valence-electron chi connectivity index (χ2n) is 2.88. The number of carbonyl (C=O) groups is 1. The van der Waals surface area contributed by atoms with E-state index in [1.165, 1.54) is 20.0 Å². The van der Waals surface area contributed by atoms with Crippen molar-refractivity contribution in [1.82, 2.24) is 10.4 Å². The van der Waals surface area contributed by atoms with Gasteiger partial charge in [0.15, 0.2) is 0 Å². The molecule has 1 N–H and O–H groups in total. The Bertz CT molecular complexity index is 145. The van der Waals surface area contributed by atoms with E-state index in [2.05, 4.69) is 10.3 Å². The Morgan fingerprint density at radius 2 is 2.36 bits per heavy atom. The van der Waals surface area contributed by atoms with Gasteiger partial charge in [0, 0.05) is 6.04 Å². The van der Waals surface area contributed by atoms with Crippen molar-refractivity contribution >= 4 is 5.91 Å². The zero-order valence-corrected chi connectivity index (χ0v) is 6.96. The van der Waals surface area contributed by atoms with Crippen molar-refractivity contribution in [2.24, 2.45) is 0 Å². The van der Waals surface area contributed by atoms with Crippen LogP contribution < -0.4 is 5.48 Å². The van der Waals surface area contributed by atoms with Gasteiger partial charge in [-0.2, -0.15) is 0 Å². The molecule has 11 heavy (non-hydrogen) atoms. The lowest BCUT2D eigenvalue weighted by molar-refractivity contribution is -0.132. The van der Waals surface area contributed by atoms with E-state index in [-0.39, 0.29) is 5.91 Å². The number of nitrogens with one attached hydrogen (secondary N) is 1. The van der Waals surface area contributed by atoms with E-state index in [0.29, 0.717) is 12.6 Å². The maximum atomic E-state index is 10.9. The maximum absolute atomic E-state index is 10.9. The molecule has 4 nitrogen and oxygen atoms in total. The minimum atomic E-state index is -0.0816. The molecule has 1 amide bonds. The molecule has 0 spiro atoms. The van der Waals surface area contributed by atoms with E-state index in [0.717, 1.165) is 0 Å². The maximum Gasteiger partial charge on any atom is 0.257 e. The fourth-order valence-corrected chi connectivity index (χ4v) is 1.02. The summed E-state index contributed by atoms with van der Waals surface area (Å²) in [5.41, 5.74) is 2.28. The lowest BCUT2D eigenvalue weighted by Gasteiger charge is -2.13. The number of carbonyl (C=O) groups excluding carboxylic acids is 1. The molecule has 1 fully saturated rings. The Labute approximate surface area is 66.5 Å². The van der Waals surface area contributed by atoms with E-state index in [1.54, 1.807) is 0 Å². The van der Waals surface area contributed by atoms with Crippen LogP contribution in [0.3, 0.4) is 0 Å². The summed E-state index contributed by atoms with van der Waals surface area (Å²) >= 11 is 0. The number of hydrogen-bond acceptors (Lipinski definition) is 3. The van der Waals surface area contributed by atoms with E-state index >= 15 is 0 Å². The molecule has 0 saturated heterocycles. The first-order valence-corrected chi connectivity index (χ1v) is 3.76. The Morgan fingerprint density at radius 3 is 2.82 bits per heavy atom. The first-order chi connectivity index (χ1) is 5.24.